The van der Waals surface area contributed by atoms with Crippen LogP contribution < -0.4 is 4.90 Å². The van der Waals surface area contributed by atoms with Crippen LogP contribution in [0.25, 0.3) is 5.65 Å². The van der Waals surface area contributed by atoms with E-state index >= 15 is 0 Å². The molecule has 2 aliphatic rings. The minimum atomic E-state index is 0.139. The van der Waals surface area contributed by atoms with E-state index in [0.717, 1.165) is 35.9 Å². The van der Waals surface area contributed by atoms with Crippen LogP contribution in [0.1, 0.15) is 30.1 Å². The van der Waals surface area contributed by atoms with E-state index in [1.54, 1.807) is 0 Å². The molecule has 1 aliphatic carbocycles. The third-order valence-electron chi connectivity index (χ3n) is 5.42. The molecule has 8 heteroatoms. The second-order valence-electron chi connectivity index (χ2n) is 7.47. The molecule has 0 radical (unpaired) electrons. The quantitative estimate of drug-likeness (QED) is 0.678. The summed E-state index contributed by atoms with van der Waals surface area (Å²) in [6.07, 6.45) is 2.72. The summed E-state index contributed by atoms with van der Waals surface area (Å²) in [6.45, 7) is 2.91. The Morgan fingerprint density at radius 2 is 1.89 bits per heavy atom. The smallest absolute Gasteiger partial charge is 0.227 e. The molecule has 5 rings (SSSR count). The number of anilines is 1. The standard InChI is InChI=1S/C20H21ClN6O/c21-16-3-1-2-14(12-16)13-19(28)26-10-8-25(9-11-26)18-7-6-17-22-23-20(15-4-5-15)27(17)24-18/h1-3,6-7,12,15H,4-5,8-11,13H2. The van der Waals surface area contributed by atoms with Crippen LogP contribution in [-0.2, 0) is 11.2 Å². The maximum absolute atomic E-state index is 12.6. The topological polar surface area (TPSA) is 66.6 Å². The molecule has 0 bridgehead atoms. The molecule has 0 N–H and O–H groups in total. The SMILES string of the molecule is O=C(Cc1cccc(Cl)c1)N1CCN(c2ccc3nnc(C4CC4)n3n2)CC1. The summed E-state index contributed by atoms with van der Waals surface area (Å²) in [5, 5.41) is 13.9. The van der Waals surface area contributed by atoms with Crippen LogP contribution in [0.4, 0.5) is 5.82 Å². The lowest BCUT2D eigenvalue weighted by Crippen LogP contribution is -2.49. The Morgan fingerprint density at radius 1 is 1.07 bits per heavy atom. The minimum absolute atomic E-state index is 0.139. The molecule has 1 saturated carbocycles. The van der Waals surface area contributed by atoms with Gasteiger partial charge in [0.2, 0.25) is 5.91 Å². The molecule has 0 atom stereocenters. The normalized spacial score (nSPS) is 17.3. The van der Waals surface area contributed by atoms with Crippen molar-refractivity contribution in [3.63, 3.8) is 0 Å². The van der Waals surface area contributed by atoms with Gasteiger partial charge in [0.1, 0.15) is 5.82 Å². The van der Waals surface area contributed by atoms with Gasteiger partial charge >= 0.3 is 0 Å². The molecule has 7 nitrogen and oxygen atoms in total. The number of fused-ring (bicyclic) bond motifs is 1. The van der Waals surface area contributed by atoms with E-state index in [9.17, 15) is 4.79 Å². The Balaban J connectivity index is 1.25. The number of nitrogens with zero attached hydrogens (tertiary/aromatic N) is 6. The van der Waals surface area contributed by atoms with Crippen LogP contribution in [0.5, 0.6) is 0 Å². The summed E-state index contributed by atoms with van der Waals surface area (Å²) in [6, 6.07) is 11.5. The summed E-state index contributed by atoms with van der Waals surface area (Å²) < 4.78 is 1.88. The van der Waals surface area contributed by atoms with Gasteiger partial charge in [-0.25, -0.2) is 0 Å². The van der Waals surface area contributed by atoms with Gasteiger partial charge in [-0.1, -0.05) is 23.7 Å². The molecule has 2 fully saturated rings. The molecular weight excluding hydrogens is 376 g/mol. The zero-order chi connectivity index (χ0) is 19.1. The summed E-state index contributed by atoms with van der Waals surface area (Å²) >= 11 is 6.02. The zero-order valence-electron chi connectivity index (χ0n) is 15.5. The van der Waals surface area contributed by atoms with E-state index in [2.05, 4.69) is 15.1 Å². The van der Waals surface area contributed by atoms with Gasteiger partial charge in [-0.15, -0.1) is 15.3 Å². The number of carbonyl (C=O) groups is 1. The summed E-state index contributed by atoms with van der Waals surface area (Å²) in [5.74, 6) is 2.52. The Kier molecular flexibility index (Phi) is 4.39. The number of rotatable bonds is 4. The van der Waals surface area contributed by atoms with E-state index in [0.29, 0.717) is 30.5 Å². The van der Waals surface area contributed by atoms with Gasteiger partial charge in [-0.3, -0.25) is 4.79 Å². The molecule has 3 aromatic rings. The number of hydrogen-bond donors (Lipinski definition) is 0. The second-order valence-corrected chi connectivity index (χ2v) is 7.90. The van der Waals surface area contributed by atoms with Crippen molar-refractivity contribution in [2.75, 3.05) is 31.1 Å². The highest BCUT2D eigenvalue weighted by molar-refractivity contribution is 6.30. The monoisotopic (exact) mass is 396 g/mol. The first-order chi connectivity index (χ1) is 13.7. The average molecular weight is 397 g/mol. The van der Waals surface area contributed by atoms with E-state index in [-0.39, 0.29) is 5.91 Å². The highest BCUT2D eigenvalue weighted by Gasteiger charge is 2.30. The molecule has 1 aromatic carbocycles. The molecule has 2 aromatic heterocycles. The van der Waals surface area contributed by atoms with Crippen molar-refractivity contribution in [1.29, 1.82) is 0 Å². The van der Waals surface area contributed by atoms with Gasteiger partial charge in [0, 0.05) is 37.1 Å². The highest BCUT2D eigenvalue weighted by atomic mass is 35.5. The fraction of sp³-hybridized carbons (Fsp3) is 0.400. The first-order valence-electron chi connectivity index (χ1n) is 9.67. The number of amides is 1. The van der Waals surface area contributed by atoms with Crippen molar-refractivity contribution in [3.8, 4) is 0 Å². The second kappa shape index (κ2) is 7.05. The van der Waals surface area contributed by atoms with Crippen LogP contribution >= 0.6 is 11.6 Å². The largest absolute Gasteiger partial charge is 0.352 e. The Bertz CT molecular complexity index is 1020. The van der Waals surface area contributed by atoms with Gasteiger partial charge in [0.05, 0.1) is 6.42 Å². The van der Waals surface area contributed by atoms with Crippen molar-refractivity contribution in [3.05, 3.63) is 52.8 Å². The number of hydrogen-bond acceptors (Lipinski definition) is 5. The maximum atomic E-state index is 12.6. The Labute approximate surface area is 167 Å². The molecule has 28 heavy (non-hydrogen) atoms. The molecule has 0 unspecified atom stereocenters. The molecule has 1 aliphatic heterocycles. The van der Waals surface area contributed by atoms with Crippen LogP contribution in [0.3, 0.4) is 0 Å². The van der Waals surface area contributed by atoms with Crippen LogP contribution in [0.15, 0.2) is 36.4 Å². The number of aromatic nitrogens is 4. The summed E-state index contributed by atoms with van der Waals surface area (Å²) in [5.41, 5.74) is 1.74. The maximum Gasteiger partial charge on any atom is 0.227 e. The molecule has 1 saturated heterocycles. The van der Waals surface area contributed by atoms with Crippen molar-refractivity contribution in [2.24, 2.45) is 0 Å². The number of piperazine rings is 1. The molecule has 1 amide bonds. The van der Waals surface area contributed by atoms with Crippen molar-refractivity contribution in [1.82, 2.24) is 24.7 Å². The van der Waals surface area contributed by atoms with Crippen molar-refractivity contribution in [2.45, 2.75) is 25.2 Å². The Hall–Kier alpha value is -2.67. The summed E-state index contributed by atoms with van der Waals surface area (Å²) in [4.78, 5) is 16.8. The summed E-state index contributed by atoms with van der Waals surface area (Å²) in [7, 11) is 0. The molecule has 3 heterocycles. The van der Waals surface area contributed by atoms with Crippen molar-refractivity contribution < 1.29 is 4.79 Å². The third-order valence-corrected chi connectivity index (χ3v) is 5.65. The van der Waals surface area contributed by atoms with E-state index in [1.807, 2.05) is 45.8 Å². The lowest BCUT2D eigenvalue weighted by molar-refractivity contribution is -0.130. The van der Waals surface area contributed by atoms with Crippen LogP contribution in [-0.4, -0.2) is 56.8 Å². The first-order valence-corrected chi connectivity index (χ1v) is 10.0. The van der Waals surface area contributed by atoms with E-state index in [4.69, 9.17) is 16.7 Å². The third kappa shape index (κ3) is 3.42. The number of halogens is 1. The Morgan fingerprint density at radius 3 is 2.64 bits per heavy atom. The van der Waals surface area contributed by atoms with Gasteiger partial charge < -0.3 is 9.80 Å². The number of benzene rings is 1. The lowest BCUT2D eigenvalue weighted by Gasteiger charge is -2.35. The lowest BCUT2D eigenvalue weighted by atomic mass is 10.1. The van der Waals surface area contributed by atoms with Gasteiger partial charge in [0.25, 0.3) is 0 Å². The van der Waals surface area contributed by atoms with E-state index in [1.165, 1.54) is 12.8 Å². The van der Waals surface area contributed by atoms with Gasteiger partial charge in [0.15, 0.2) is 11.5 Å². The van der Waals surface area contributed by atoms with Gasteiger partial charge in [-0.2, -0.15) is 4.52 Å². The number of carbonyl (C=O) groups excluding carboxylic acids is 1. The first kappa shape index (κ1) is 17.4. The predicted octanol–water partition coefficient (Wildman–Crippen LogP) is 2.55. The predicted molar refractivity (Wildman–Crippen MR) is 107 cm³/mol. The van der Waals surface area contributed by atoms with Gasteiger partial charge in [-0.05, 0) is 42.7 Å². The fourth-order valence-corrected chi connectivity index (χ4v) is 3.89. The molecule has 0 spiro atoms. The van der Waals surface area contributed by atoms with Crippen LogP contribution in [0.2, 0.25) is 5.02 Å². The van der Waals surface area contributed by atoms with Crippen LogP contribution in [0, 0.1) is 0 Å². The van der Waals surface area contributed by atoms with E-state index < -0.39 is 0 Å². The molecule has 144 valence electrons. The molecular formula is C20H21ClN6O. The van der Waals surface area contributed by atoms with Crippen molar-refractivity contribution >= 4 is 29.0 Å². The minimum Gasteiger partial charge on any atom is -0.352 e. The zero-order valence-corrected chi connectivity index (χ0v) is 16.2. The fourth-order valence-electron chi connectivity index (χ4n) is 3.68. The highest BCUT2D eigenvalue weighted by Crippen LogP contribution is 2.38. The average Bonchev–Trinajstić information content (AvgIpc) is 3.47.